The van der Waals surface area contributed by atoms with Crippen LogP contribution in [-0.4, -0.2) is 35.9 Å². The first kappa shape index (κ1) is 15.6. The van der Waals surface area contributed by atoms with Gasteiger partial charge in [-0.1, -0.05) is 30.1 Å². The van der Waals surface area contributed by atoms with Crippen LogP contribution >= 0.6 is 24.0 Å². The Bertz CT molecular complexity index is 603. The molecule has 0 atom stereocenters. The summed E-state index contributed by atoms with van der Waals surface area (Å²) in [5, 5.41) is 0. The maximum Gasteiger partial charge on any atom is 0.266 e. The van der Waals surface area contributed by atoms with Crippen LogP contribution in [0, 0.1) is 0 Å². The van der Waals surface area contributed by atoms with Gasteiger partial charge in [-0.2, -0.15) is 0 Å². The molecule has 0 unspecified atom stereocenters. The van der Waals surface area contributed by atoms with E-state index in [2.05, 4.69) is 6.58 Å². The molecule has 4 nitrogen and oxygen atoms in total. The average Bonchev–Trinajstić information content (AvgIpc) is 2.74. The lowest BCUT2D eigenvalue weighted by molar-refractivity contribution is -0.121. The smallest absolute Gasteiger partial charge is 0.266 e. The number of carbonyl (C=O) groups excluding carboxylic acids is 1. The van der Waals surface area contributed by atoms with Gasteiger partial charge in [0.25, 0.3) is 5.91 Å². The highest BCUT2D eigenvalue weighted by atomic mass is 32.2. The third-order valence-corrected chi connectivity index (χ3v) is 4.23. The summed E-state index contributed by atoms with van der Waals surface area (Å²) in [6.07, 6.45) is 3.44. The van der Waals surface area contributed by atoms with Crippen LogP contribution in [-0.2, 0) is 4.79 Å². The molecule has 0 aromatic heterocycles. The fourth-order valence-corrected chi connectivity index (χ4v) is 3.13. The van der Waals surface area contributed by atoms with Crippen molar-refractivity contribution in [2.75, 3.05) is 20.8 Å². The minimum atomic E-state index is -0.105. The molecule has 1 aromatic carbocycles. The number of ether oxygens (including phenoxy) is 2. The summed E-state index contributed by atoms with van der Waals surface area (Å²) in [5.41, 5.74) is 0.824. The maximum absolute atomic E-state index is 12.3. The van der Waals surface area contributed by atoms with E-state index in [1.165, 1.54) is 16.7 Å². The average molecular weight is 321 g/mol. The fourth-order valence-electron chi connectivity index (χ4n) is 1.85. The number of carbonyl (C=O) groups is 1. The number of thiocarbonyl (C=S) groups is 1. The van der Waals surface area contributed by atoms with Gasteiger partial charge in [0.15, 0.2) is 0 Å². The molecule has 0 spiro atoms. The van der Waals surface area contributed by atoms with Gasteiger partial charge in [0.05, 0.1) is 19.1 Å². The van der Waals surface area contributed by atoms with Crippen LogP contribution in [0.25, 0.3) is 6.08 Å². The van der Waals surface area contributed by atoms with E-state index < -0.39 is 0 Å². The molecule has 21 heavy (non-hydrogen) atoms. The summed E-state index contributed by atoms with van der Waals surface area (Å²) in [5.74, 6) is 1.23. The van der Waals surface area contributed by atoms with Gasteiger partial charge in [-0.3, -0.25) is 9.69 Å². The molecular formula is C15H15NO3S2. The SMILES string of the molecule is C=CCN1C(=O)/C(=C/c2cc(OC)cc(OC)c2)SC1=S. The Labute approximate surface area is 133 Å². The van der Waals surface area contributed by atoms with Crippen LogP contribution in [0.3, 0.4) is 0 Å². The lowest BCUT2D eigenvalue weighted by Crippen LogP contribution is -2.27. The number of benzene rings is 1. The molecule has 1 amide bonds. The van der Waals surface area contributed by atoms with E-state index in [4.69, 9.17) is 21.7 Å². The Balaban J connectivity index is 2.34. The Kier molecular flexibility index (Phi) is 5.03. The van der Waals surface area contributed by atoms with Crippen molar-refractivity contribution in [2.45, 2.75) is 0 Å². The summed E-state index contributed by atoms with van der Waals surface area (Å²) in [6.45, 7) is 4.05. The highest BCUT2D eigenvalue weighted by molar-refractivity contribution is 8.26. The van der Waals surface area contributed by atoms with Crippen molar-refractivity contribution in [2.24, 2.45) is 0 Å². The molecule has 0 saturated carbocycles. The van der Waals surface area contributed by atoms with Crippen LogP contribution in [0.4, 0.5) is 0 Å². The molecule has 0 N–H and O–H groups in total. The van der Waals surface area contributed by atoms with Gasteiger partial charge < -0.3 is 9.47 Å². The van der Waals surface area contributed by atoms with Crippen molar-refractivity contribution < 1.29 is 14.3 Å². The summed E-state index contributed by atoms with van der Waals surface area (Å²) < 4.78 is 11.0. The predicted octanol–water partition coefficient (Wildman–Crippen LogP) is 3.09. The first-order valence-electron chi connectivity index (χ1n) is 6.18. The van der Waals surface area contributed by atoms with E-state index in [-0.39, 0.29) is 5.91 Å². The maximum atomic E-state index is 12.3. The van der Waals surface area contributed by atoms with Crippen molar-refractivity contribution in [3.63, 3.8) is 0 Å². The van der Waals surface area contributed by atoms with Gasteiger partial charge in [0.1, 0.15) is 15.8 Å². The van der Waals surface area contributed by atoms with E-state index in [1.807, 2.05) is 12.1 Å². The molecule has 0 radical (unpaired) electrons. The fraction of sp³-hybridized carbons (Fsp3) is 0.200. The summed E-state index contributed by atoms with van der Waals surface area (Å²) in [4.78, 5) is 14.4. The van der Waals surface area contributed by atoms with E-state index in [0.717, 1.165) is 5.56 Å². The van der Waals surface area contributed by atoms with Crippen molar-refractivity contribution in [3.05, 3.63) is 41.3 Å². The van der Waals surface area contributed by atoms with Gasteiger partial charge in [0.2, 0.25) is 0 Å². The molecular weight excluding hydrogens is 306 g/mol. The minimum Gasteiger partial charge on any atom is -0.497 e. The van der Waals surface area contributed by atoms with E-state index >= 15 is 0 Å². The van der Waals surface area contributed by atoms with Crippen LogP contribution in [0.5, 0.6) is 11.5 Å². The largest absolute Gasteiger partial charge is 0.497 e. The number of hydrogen-bond acceptors (Lipinski definition) is 5. The van der Waals surface area contributed by atoms with Crippen molar-refractivity contribution >= 4 is 40.3 Å². The normalized spacial score (nSPS) is 16.5. The number of methoxy groups -OCH3 is 2. The molecule has 1 aromatic rings. The van der Waals surface area contributed by atoms with Crippen molar-refractivity contribution in [3.8, 4) is 11.5 Å². The third-order valence-electron chi connectivity index (χ3n) is 2.86. The number of rotatable bonds is 5. The van der Waals surface area contributed by atoms with Crippen LogP contribution < -0.4 is 9.47 Å². The topological polar surface area (TPSA) is 38.8 Å². The van der Waals surface area contributed by atoms with E-state index in [1.54, 1.807) is 32.4 Å². The quantitative estimate of drug-likeness (QED) is 0.473. The molecule has 6 heteroatoms. The zero-order valence-corrected chi connectivity index (χ0v) is 13.4. The second-order valence-electron chi connectivity index (χ2n) is 4.23. The lowest BCUT2D eigenvalue weighted by Gasteiger charge is -2.10. The molecule has 1 aliphatic heterocycles. The summed E-state index contributed by atoms with van der Waals surface area (Å²) >= 11 is 6.49. The number of thioether (sulfide) groups is 1. The number of hydrogen-bond donors (Lipinski definition) is 0. The summed E-state index contributed by atoms with van der Waals surface area (Å²) in [6, 6.07) is 5.45. The second-order valence-corrected chi connectivity index (χ2v) is 5.90. The Morgan fingerprint density at radius 3 is 2.43 bits per heavy atom. The van der Waals surface area contributed by atoms with Gasteiger partial charge in [-0.25, -0.2) is 0 Å². The standard InChI is InChI=1S/C15H15NO3S2/c1-4-5-16-14(17)13(21-15(16)20)8-10-6-11(18-2)9-12(7-10)19-3/h4,6-9H,1,5H2,2-3H3/b13-8-. The lowest BCUT2D eigenvalue weighted by atomic mass is 10.2. The monoisotopic (exact) mass is 321 g/mol. The first-order chi connectivity index (χ1) is 10.1. The van der Waals surface area contributed by atoms with Crippen LogP contribution in [0.2, 0.25) is 0 Å². The number of amides is 1. The molecule has 1 saturated heterocycles. The highest BCUT2D eigenvalue weighted by Gasteiger charge is 2.30. The van der Waals surface area contributed by atoms with Crippen molar-refractivity contribution in [1.29, 1.82) is 0 Å². The highest BCUT2D eigenvalue weighted by Crippen LogP contribution is 2.33. The molecule has 0 aliphatic carbocycles. The van der Waals surface area contributed by atoms with Gasteiger partial charge in [0, 0.05) is 12.6 Å². The molecule has 1 fully saturated rings. The summed E-state index contributed by atoms with van der Waals surface area (Å²) in [7, 11) is 3.17. The molecule has 1 heterocycles. The number of nitrogens with zero attached hydrogens (tertiary/aromatic N) is 1. The second kappa shape index (κ2) is 6.78. The first-order valence-corrected chi connectivity index (χ1v) is 7.41. The molecule has 2 rings (SSSR count). The van der Waals surface area contributed by atoms with E-state index in [0.29, 0.717) is 27.3 Å². The zero-order valence-electron chi connectivity index (χ0n) is 11.8. The third kappa shape index (κ3) is 3.46. The Hall–Kier alpha value is -1.79. The minimum absolute atomic E-state index is 0.105. The predicted molar refractivity (Wildman–Crippen MR) is 89.6 cm³/mol. The zero-order chi connectivity index (χ0) is 15.4. The van der Waals surface area contributed by atoms with E-state index in [9.17, 15) is 4.79 Å². The molecule has 110 valence electrons. The molecule has 0 bridgehead atoms. The van der Waals surface area contributed by atoms with Gasteiger partial charge in [-0.05, 0) is 23.8 Å². The van der Waals surface area contributed by atoms with Gasteiger partial charge in [-0.15, -0.1) is 6.58 Å². The van der Waals surface area contributed by atoms with Crippen molar-refractivity contribution in [1.82, 2.24) is 4.90 Å². The Morgan fingerprint density at radius 2 is 1.90 bits per heavy atom. The van der Waals surface area contributed by atoms with Gasteiger partial charge >= 0.3 is 0 Å². The van der Waals surface area contributed by atoms with Crippen LogP contribution in [0.15, 0.2) is 35.8 Å². The molecule has 1 aliphatic rings. The Morgan fingerprint density at radius 1 is 1.29 bits per heavy atom. The van der Waals surface area contributed by atoms with Crippen LogP contribution in [0.1, 0.15) is 5.56 Å².